The minimum absolute atomic E-state index is 0. The first-order valence-corrected chi connectivity index (χ1v) is 8.17. The van der Waals surface area contributed by atoms with Crippen LogP contribution in [0.4, 0.5) is 0 Å². The number of rotatable bonds is 0. The molecule has 0 spiro atoms. The zero-order chi connectivity index (χ0) is 13.5. The van der Waals surface area contributed by atoms with Gasteiger partial charge in [-0.1, -0.05) is 0 Å². The second kappa shape index (κ2) is 9.62. The summed E-state index contributed by atoms with van der Waals surface area (Å²) < 4.78 is 81.7. The van der Waals surface area contributed by atoms with Gasteiger partial charge in [0.2, 0.25) is 0 Å². The molecular formula is C3H9BiO9S3. The van der Waals surface area contributed by atoms with Gasteiger partial charge >= 0.3 is 26.2 Å². The van der Waals surface area contributed by atoms with Gasteiger partial charge in [0, 0.05) is 18.8 Å². The largest absolute Gasteiger partial charge is 3.00 e. The van der Waals surface area contributed by atoms with E-state index in [1.54, 1.807) is 0 Å². The molecular weight excluding hydrogens is 485 g/mol. The fourth-order valence-electron chi connectivity index (χ4n) is 0. The molecule has 0 bridgehead atoms. The molecule has 9 nitrogen and oxygen atoms in total. The Bertz CT molecular complexity index is 347. The van der Waals surface area contributed by atoms with Gasteiger partial charge in [0.1, 0.15) is 0 Å². The van der Waals surface area contributed by atoms with Crippen LogP contribution in [0.25, 0.3) is 0 Å². The molecule has 98 valence electrons. The normalized spacial score (nSPS) is 10.9. The van der Waals surface area contributed by atoms with Gasteiger partial charge in [-0.3, -0.25) is 0 Å². The first-order chi connectivity index (χ1) is 6.00. The zero-order valence-electron chi connectivity index (χ0n) is 8.35. The van der Waals surface area contributed by atoms with Crippen molar-refractivity contribution in [1.82, 2.24) is 0 Å². The molecule has 2 radical (unpaired) electrons. The molecule has 0 aliphatic heterocycles. The molecule has 0 heterocycles. The second-order valence-corrected chi connectivity index (χ2v) is 6.34. The minimum Gasteiger partial charge on any atom is -0.748 e. The third kappa shape index (κ3) is 7200. The van der Waals surface area contributed by atoms with Crippen LogP contribution in [0.15, 0.2) is 0 Å². The molecule has 0 rings (SSSR count). The fourth-order valence-corrected chi connectivity index (χ4v) is 0. The molecule has 0 saturated heterocycles. The van der Waals surface area contributed by atoms with Gasteiger partial charge in [0.15, 0.2) is 0 Å². The summed E-state index contributed by atoms with van der Waals surface area (Å²) in [6.45, 7) is 0. The first-order valence-electron chi connectivity index (χ1n) is 2.72. The quantitative estimate of drug-likeness (QED) is 0.253. The topological polar surface area (TPSA) is 172 Å². The molecule has 0 unspecified atom stereocenters. The van der Waals surface area contributed by atoms with Crippen molar-refractivity contribution < 1.29 is 38.9 Å². The van der Waals surface area contributed by atoms with Crippen molar-refractivity contribution in [3.63, 3.8) is 0 Å². The van der Waals surface area contributed by atoms with E-state index in [1.807, 2.05) is 0 Å². The SMILES string of the molecule is CS(=O)(=O)[O-].CS(=O)(=O)[O-].CS(=O)(=O)[O-].[Bi+3]. The maximum atomic E-state index is 9.08. The summed E-state index contributed by atoms with van der Waals surface area (Å²) in [5.74, 6) is 0. The van der Waals surface area contributed by atoms with Gasteiger partial charge in [-0.25, -0.2) is 25.3 Å². The van der Waals surface area contributed by atoms with E-state index < -0.39 is 30.4 Å². The van der Waals surface area contributed by atoms with Crippen molar-refractivity contribution in [2.24, 2.45) is 0 Å². The van der Waals surface area contributed by atoms with Crippen LogP contribution in [-0.2, 0) is 30.4 Å². The van der Waals surface area contributed by atoms with E-state index in [0.29, 0.717) is 18.8 Å². The molecule has 0 aliphatic carbocycles. The molecule has 16 heavy (non-hydrogen) atoms. The molecule has 0 aromatic heterocycles. The smallest absolute Gasteiger partial charge is 0.748 e. The summed E-state index contributed by atoms with van der Waals surface area (Å²) in [5.41, 5.74) is 0. The van der Waals surface area contributed by atoms with Crippen LogP contribution in [0.1, 0.15) is 0 Å². The van der Waals surface area contributed by atoms with Crippen LogP contribution < -0.4 is 0 Å². The average molecular weight is 494 g/mol. The van der Waals surface area contributed by atoms with Crippen LogP contribution in [0, 0.1) is 0 Å². The zero-order valence-corrected chi connectivity index (χ0v) is 14.3. The maximum Gasteiger partial charge on any atom is 3.00 e. The molecule has 0 fully saturated rings. The summed E-state index contributed by atoms with van der Waals surface area (Å²) in [5, 5.41) is 0. The molecule has 0 atom stereocenters. The second-order valence-electron chi connectivity index (χ2n) is 2.11. The van der Waals surface area contributed by atoms with E-state index in [9.17, 15) is 0 Å². The molecule has 0 N–H and O–H groups in total. The predicted octanol–water partition coefficient (Wildman–Crippen LogP) is -2.90. The monoisotopic (exact) mass is 494 g/mol. The van der Waals surface area contributed by atoms with Gasteiger partial charge in [-0.2, -0.15) is 0 Å². The van der Waals surface area contributed by atoms with Gasteiger partial charge in [0.25, 0.3) is 0 Å². The van der Waals surface area contributed by atoms with Gasteiger partial charge in [0.05, 0.1) is 30.4 Å². The van der Waals surface area contributed by atoms with Crippen molar-refractivity contribution in [3.05, 3.63) is 0 Å². The Morgan fingerprint density at radius 1 is 0.562 bits per heavy atom. The summed E-state index contributed by atoms with van der Waals surface area (Å²) in [6, 6.07) is 0. The van der Waals surface area contributed by atoms with Crippen molar-refractivity contribution in [2.45, 2.75) is 0 Å². The van der Waals surface area contributed by atoms with Crippen molar-refractivity contribution in [2.75, 3.05) is 18.8 Å². The first kappa shape index (κ1) is 25.5. The third-order valence-electron chi connectivity index (χ3n) is 0. The summed E-state index contributed by atoms with van der Waals surface area (Å²) >= 11 is 0. The predicted molar refractivity (Wildman–Crippen MR) is 52.6 cm³/mol. The van der Waals surface area contributed by atoms with Crippen LogP contribution in [0.2, 0.25) is 0 Å². The van der Waals surface area contributed by atoms with E-state index in [2.05, 4.69) is 0 Å². The minimum atomic E-state index is -3.92. The van der Waals surface area contributed by atoms with Gasteiger partial charge < -0.3 is 13.7 Å². The van der Waals surface area contributed by atoms with Gasteiger partial charge in [-0.05, 0) is 0 Å². The molecule has 0 aromatic carbocycles. The Morgan fingerprint density at radius 2 is 0.562 bits per heavy atom. The Kier molecular flexibility index (Phi) is 15.3. The standard InChI is InChI=1S/3CH4O3S.Bi/c3*1-5(2,3)4;/h3*1H3,(H,2,3,4);/q;;;+3/p-3. The van der Waals surface area contributed by atoms with E-state index in [4.69, 9.17) is 38.9 Å². The Labute approximate surface area is 114 Å². The van der Waals surface area contributed by atoms with Crippen LogP contribution in [-0.4, -0.2) is 83.9 Å². The van der Waals surface area contributed by atoms with E-state index in [-0.39, 0.29) is 26.2 Å². The summed E-state index contributed by atoms with van der Waals surface area (Å²) in [4.78, 5) is 0. The molecule has 0 aliphatic rings. The third-order valence-corrected chi connectivity index (χ3v) is 0. The van der Waals surface area contributed by atoms with E-state index in [0.717, 1.165) is 0 Å². The molecule has 13 heteroatoms. The summed E-state index contributed by atoms with van der Waals surface area (Å²) in [6.07, 6.45) is 1.81. The van der Waals surface area contributed by atoms with Crippen LogP contribution in [0.5, 0.6) is 0 Å². The van der Waals surface area contributed by atoms with Crippen LogP contribution >= 0.6 is 0 Å². The summed E-state index contributed by atoms with van der Waals surface area (Å²) in [7, 11) is -11.8. The Morgan fingerprint density at radius 3 is 0.562 bits per heavy atom. The van der Waals surface area contributed by atoms with E-state index >= 15 is 0 Å². The Hall–Kier alpha value is 0.613. The molecule has 0 amide bonds. The number of hydrogen-bond acceptors (Lipinski definition) is 9. The maximum absolute atomic E-state index is 9.08. The van der Waals surface area contributed by atoms with Gasteiger partial charge in [-0.15, -0.1) is 0 Å². The van der Waals surface area contributed by atoms with Crippen molar-refractivity contribution >= 4 is 56.6 Å². The molecule has 0 saturated carbocycles. The van der Waals surface area contributed by atoms with E-state index in [1.165, 1.54) is 0 Å². The number of hydrogen-bond donors (Lipinski definition) is 0. The van der Waals surface area contributed by atoms with Crippen molar-refractivity contribution in [3.8, 4) is 0 Å². The average Bonchev–Trinajstić information content (AvgIpc) is 1.41. The fraction of sp³-hybridized carbons (Fsp3) is 1.00. The van der Waals surface area contributed by atoms with Crippen LogP contribution in [0.3, 0.4) is 0 Å². The Balaban J connectivity index is -0.0000000655. The molecule has 0 aromatic rings. The van der Waals surface area contributed by atoms with Crippen molar-refractivity contribution in [1.29, 1.82) is 0 Å².